The molecule has 0 fully saturated rings. The summed E-state index contributed by atoms with van der Waals surface area (Å²) in [5.74, 6) is 1.60. The largest absolute Gasteiger partial charge is 0.490 e. The normalized spacial score (nSPS) is 13.9. The highest BCUT2D eigenvalue weighted by Crippen LogP contribution is 2.34. The molecule has 0 spiro atoms. The average molecular weight is 298 g/mol. The zero-order valence-electron chi connectivity index (χ0n) is 11.3. The van der Waals surface area contributed by atoms with E-state index in [1.165, 1.54) is 4.70 Å². The van der Waals surface area contributed by atoms with Gasteiger partial charge >= 0.3 is 0 Å². The minimum Gasteiger partial charge on any atom is -0.490 e. The highest BCUT2D eigenvalue weighted by Gasteiger charge is 2.11. The van der Waals surface area contributed by atoms with Crippen LogP contribution in [0.4, 0.5) is 10.8 Å². The molecule has 0 amide bonds. The molecule has 2 heterocycles. The molecule has 1 aliphatic rings. The number of rotatable bonds is 2. The van der Waals surface area contributed by atoms with Crippen LogP contribution in [0.5, 0.6) is 11.5 Å². The second kappa shape index (κ2) is 5.26. The van der Waals surface area contributed by atoms with Gasteiger partial charge in [0.1, 0.15) is 0 Å². The van der Waals surface area contributed by atoms with Gasteiger partial charge in [0.2, 0.25) is 0 Å². The van der Waals surface area contributed by atoms with Crippen molar-refractivity contribution in [2.45, 2.75) is 6.42 Å². The number of nitrogens with zero attached hydrogens (tertiary/aromatic N) is 1. The molecule has 21 heavy (non-hydrogen) atoms. The number of anilines is 2. The van der Waals surface area contributed by atoms with Crippen molar-refractivity contribution in [2.75, 3.05) is 18.5 Å². The summed E-state index contributed by atoms with van der Waals surface area (Å²) in [6.07, 6.45) is 0.912. The van der Waals surface area contributed by atoms with E-state index in [0.29, 0.717) is 13.2 Å². The first kappa shape index (κ1) is 12.5. The molecule has 5 heteroatoms. The van der Waals surface area contributed by atoms with Crippen molar-refractivity contribution < 1.29 is 9.47 Å². The van der Waals surface area contributed by atoms with Crippen molar-refractivity contribution in [3.8, 4) is 11.5 Å². The molecule has 0 unspecified atom stereocenters. The van der Waals surface area contributed by atoms with E-state index in [9.17, 15) is 0 Å². The van der Waals surface area contributed by atoms with Gasteiger partial charge in [-0.2, -0.15) is 0 Å². The lowest BCUT2D eigenvalue weighted by atomic mass is 10.3. The van der Waals surface area contributed by atoms with Crippen LogP contribution in [0.1, 0.15) is 6.42 Å². The molecule has 0 aliphatic carbocycles. The van der Waals surface area contributed by atoms with Crippen LogP contribution >= 0.6 is 11.3 Å². The Kier molecular flexibility index (Phi) is 3.12. The fraction of sp³-hybridized carbons (Fsp3) is 0.188. The van der Waals surface area contributed by atoms with Gasteiger partial charge in [-0.3, -0.25) is 0 Å². The first-order chi connectivity index (χ1) is 10.4. The van der Waals surface area contributed by atoms with E-state index >= 15 is 0 Å². The lowest BCUT2D eigenvalue weighted by Gasteiger charge is -2.09. The summed E-state index contributed by atoms with van der Waals surface area (Å²) < 4.78 is 12.5. The van der Waals surface area contributed by atoms with E-state index in [1.807, 2.05) is 36.4 Å². The van der Waals surface area contributed by atoms with Crippen molar-refractivity contribution in [3.05, 3.63) is 42.5 Å². The molecule has 2 aromatic carbocycles. The minimum absolute atomic E-state index is 0.692. The van der Waals surface area contributed by atoms with Gasteiger partial charge in [-0.15, -0.1) is 0 Å². The maximum atomic E-state index is 5.70. The third-order valence-electron chi connectivity index (χ3n) is 3.29. The van der Waals surface area contributed by atoms with Crippen molar-refractivity contribution in [3.63, 3.8) is 0 Å². The predicted molar refractivity (Wildman–Crippen MR) is 85.0 cm³/mol. The topological polar surface area (TPSA) is 43.4 Å². The molecule has 4 rings (SSSR count). The number of hydrogen-bond donors (Lipinski definition) is 1. The molecule has 0 saturated heterocycles. The Morgan fingerprint density at radius 2 is 1.86 bits per heavy atom. The molecule has 4 nitrogen and oxygen atoms in total. The molecule has 0 radical (unpaired) electrons. The van der Waals surface area contributed by atoms with Crippen molar-refractivity contribution >= 4 is 32.4 Å². The molecule has 1 N–H and O–H groups in total. The molecule has 0 atom stereocenters. The van der Waals surface area contributed by atoms with Crippen LogP contribution in [0.2, 0.25) is 0 Å². The van der Waals surface area contributed by atoms with E-state index in [2.05, 4.69) is 16.4 Å². The highest BCUT2D eigenvalue weighted by molar-refractivity contribution is 7.22. The molecule has 1 aliphatic heterocycles. The van der Waals surface area contributed by atoms with Crippen LogP contribution < -0.4 is 14.8 Å². The molecule has 106 valence electrons. The van der Waals surface area contributed by atoms with Crippen molar-refractivity contribution in [1.82, 2.24) is 4.98 Å². The Hall–Kier alpha value is -2.27. The molecule has 0 bridgehead atoms. The zero-order chi connectivity index (χ0) is 14.1. The number of nitrogens with one attached hydrogen (secondary N) is 1. The monoisotopic (exact) mass is 298 g/mol. The second-order valence-electron chi connectivity index (χ2n) is 4.82. The third kappa shape index (κ3) is 2.52. The van der Waals surface area contributed by atoms with Gasteiger partial charge in [-0.05, 0) is 24.3 Å². The fourth-order valence-corrected chi connectivity index (χ4v) is 3.18. The maximum Gasteiger partial charge on any atom is 0.188 e. The summed E-state index contributed by atoms with van der Waals surface area (Å²) in [5.41, 5.74) is 1.97. The molecular weight excluding hydrogens is 284 g/mol. The van der Waals surface area contributed by atoms with Crippen LogP contribution in [0.25, 0.3) is 10.2 Å². The smallest absolute Gasteiger partial charge is 0.188 e. The maximum absolute atomic E-state index is 5.70. The summed E-state index contributed by atoms with van der Waals surface area (Å²) in [7, 11) is 0. The van der Waals surface area contributed by atoms with Crippen LogP contribution in [-0.4, -0.2) is 18.2 Å². The lowest BCUT2D eigenvalue weighted by Crippen LogP contribution is -1.97. The number of fused-ring (bicyclic) bond motifs is 2. The summed E-state index contributed by atoms with van der Waals surface area (Å²) in [6, 6.07) is 14.0. The molecule has 1 aromatic heterocycles. The van der Waals surface area contributed by atoms with Crippen LogP contribution in [0.3, 0.4) is 0 Å². The standard InChI is InChI=1S/C16H14N2O2S/c1-2-5-15-12(4-1)18-16(21-15)17-11-6-7-13-14(10-11)20-9-3-8-19-13/h1-2,4-7,10H,3,8-9H2,(H,17,18). The molecule has 3 aromatic rings. The highest BCUT2D eigenvalue weighted by atomic mass is 32.1. The van der Waals surface area contributed by atoms with E-state index in [4.69, 9.17) is 9.47 Å². The number of ether oxygens (including phenoxy) is 2. The van der Waals surface area contributed by atoms with E-state index in [0.717, 1.165) is 34.3 Å². The first-order valence-electron chi connectivity index (χ1n) is 6.91. The molecule has 0 saturated carbocycles. The van der Waals surface area contributed by atoms with Gasteiger partial charge in [-0.1, -0.05) is 23.5 Å². The number of hydrogen-bond acceptors (Lipinski definition) is 5. The summed E-state index contributed by atoms with van der Waals surface area (Å²) in [4.78, 5) is 4.57. The van der Waals surface area contributed by atoms with Gasteiger partial charge in [0, 0.05) is 18.2 Å². The van der Waals surface area contributed by atoms with Crippen LogP contribution in [-0.2, 0) is 0 Å². The fourth-order valence-electron chi connectivity index (χ4n) is 2.29. The second-order valence-corrected chi connectivity index (χ2v) is 5.85. The van der Waals surface area contributed by atoms with E-state index < -0.39 is 0 Å². The van der Waals surface area contributed by atoms with Crippen molar-refractivity contribution in [1.29, 1.82) is 0 Å². The van der Waals surface area contributed by atoms with Crippen LogP contribution in [0, 0.1) is 0 Å². The van der Waals surface area contributed by atoms with Gasteiger partial charge in [0.25, 0.3) is 0 Å². The van der Waals surface area contributed by atoms with Crippen molar-refractivity contribution in [2.24, 2.45) is 0 Å². The molecular formula is C16H14N2O2S. The minimum atomic E-state index is 0.692. The first-order valence-corrected chi connectivity index (χ1v) is 7.72. The summed E-state index contributed by atoms with van der Waals surface area (Å²) in [5, 5.41) is 4.22. The average Bonchev–Trinajstić information content (AvgIpc) is 2.75. The quantitative estimate of drug-likeness (QED) is 0.770. The SMILES string of the molecule is c1ccc2sc(Nc3ccc4c(c3)OCCCO4)nc2c1. The van der Waals surface area contributed by atoms with Gasteiger partial charge in [0.15, 0.2) is 16.6 Å². The number of para-hydroxylation sites is 1. The Morgan fingerprint density at radius 3 is 2.76 bits per heavy atom. The number of aromatic nitrogens is 1. The summed E-state index contributed by atoms with van der Waals surface area (Å²) in [6.45, 7) is 1.40. The lowest BCUT2D eigenvalue weighted by molar-refractivity contribution is 0.297. The number of benzene rings is 2. The number of thiazole rings is 1. The third-order valence-corrected chi connectivity index (χ3v) is 4.24. The van der Waals surface area contributed by atoms with Gasteiger partial charge in [-0.25, -0.2) is 4.98 Å². The van der Waals surface area contributed by atoms with E-state index in [-0.39, 0.29) is 0 Å². The summed E-state index contributed by atoms with van der Waals surface area (Å²) >= 11 is 1.64. The van der Waals surface area contributed by atoms with Crippen LogP contribution in [0.15, 0.2) is 42.5 Å². The predicted octanol–water partition coefficient (Wildman–Crippen LogP) is 4.20. The van der Waals surface area contributed by atoms with E-state index in [1.54, 1.807) is 11.3 Å². The van der Waals surface area contributed by atoms with Gasteiger partial charge in [0.05, 0.1) is 23.4 Å². The Labute approximate surface area is 126 Å². The Balaban J connectivity index is 1.63. The zero-order valence-corrected chi connectivity index (χ0v) is 12.2. The Morgan fingerprint density at radius 1 is 1.00 bits per heavy atom. The Bertz CT molecular complexity index is 752. The van der Waals surface area contributed by atoms with Gasteiger partial charge < -0.3 is 14.8 Å².